The van der Waals surface area contributed by atoms with Crippen LogP contribution in [0.3, 0.4) is 0 Å². The molecule has 0 spiro atoms. The van der Waals surface area contributed by atoms with Crippen LogP contribution in [0.2, 0.25) is 0 Å². The minimum absolute atomic E-state index is 0.143. The van der Waals surface area contributed by atoms with E-state index in [1.165, 1.54) is 9.21 Å². The molecule has 3 aliphatic rings. The SMILES string of the molecule is C[C@H](NC(=O)CN1C(=O)[C@H]2CCCCN2c2ccc(S(=O)(=O)N3CCCC3)cc21)c1ccccc1. The van der Waals surface area contributed by atoms with E-state index in [2.05, 4.69) is 10.2 Å². The van der Waals surface area contributed by atoms with Gasteiger partial charge < -0.3 is 10.2 Å². The molecular formula is C26H32N4O4S. The summed E-state index contributed by atoms with van der Waals surface area (Å²) in [5.41, 5.74) is 2.29. The van der Waals surface area contributed by atoms with Gasteiger partial charge in [-0.3, -0.25) is 14.5 Å². The monoisotopic (exact) mass is 496 g/mol. The molecule has 2 amide bonds. The largest absolute Gasteiger partial charge is 0.358 e. The van der Waals surface area contributed by atoms with Crippen molar-refractivity contribution in [3.8, 4) is 0 Å². The minimum atomic E-state index is -3.65. The van der Waals surface area contributed by atoms with Crippen LogP contribution in [0.5, 0.6) is 0 Å². The molecule has 9 heteroatoms. The van der Waals surface area contributed by atoms with E-state index >= 15 is 0 Å². The van der Waals surface area contributed by atoms with Crippen molar-refractivity contribution in [1.29, 1.82) is 0 Å². The van der Waals surface area contributed by atoms with Crippen molar-refractivity contribution in [1.82, 2.24) is 9.62 Å². The first-order valence-corrected chi connectivity index (χ1v) is 13.9. The molecule has 2 aromatic rings. The van der Waals surface area contributed by atoms with Gasteiger partial charge in [-0.2, -0.15) is 4.31 Å². The lowest BCUT2D eigenvalue weighted by Gasteiger charge is -2.45. The number of rotatable bonds is 6. The summed E-state index contributed by atoms with van der Waals surface area (Å²) < 4.78 is 28.0. The second-order valence-corrected chi connectivity index (χ2v) is 11.5. The van der Waals surface area contributed by atoms with E-state index in [1.807, 2.05) is 37.3 Å². The Morgan fingerprint density at radius 1 is 1.00 bits per heavy atom. The molecule has 5 rings (SSSR count). The normalized spacial score (nSPS) is 21.4. The number of nitrogens with zero attached hydrogens (tertiary/aromatic N) is 3. The standard InChI is InChI=1S/C26H32N4O4S/c1-19(20-9-3-2-4-10-20)27-25(31)18-30-24-17-21(35(33,34)28-14-7-8-15-28)12-13-22(24)29-16-6-5-11-23(29)26(30)32/h2-4,9-10,12-13,17,19,23H,5-8,11,14-16,18H2,1H3,(H,27,31)/t19-,23+/m0/s1. The van der Waals surface area contributed by atoms with E-state index in [0.717, 1.165) is 49.9 Å². The Morgan fingerprint density at radius 2 is 1.71 bits per heavy atom. The molecule has 3 aliphatic heterocycles. The number of carbonyl (C=O) groups is 2. The molecule has 0 bridgehead atoms. The van der Waals surface area contributed by atoms with Gasteiger partial charge in [0.2, 0.25) is 21.8 Å². The first-order chi connectivity index (χ1) is 16.9. The van der Waals surface area contributed by atoms with Crippen molar-refractivity contribution < 1.29 is 18.0 Å². The van der Waals surface area contributed by atoms with Crippen LogP contribution in [-0.4, -0.2) is 56.8 Å². The fraction of sp³-hybridized carbons (Fsp3) is 0.462. The summed E-state index contributed by atoms with van der Waals surface area (Å²) in [5, 5.41) is 2.98. The molecule has 0 unspecified atom stereocenters. The number of anilines is 2. The number of benzene rings is 2. The average molecular weight is 497 g/mol. The molecule has 0 aromatic heterocycles. The number of nitrogens with one attached hydrogen (secondary N) is 1. The van der Waals surface area contributed by atoms with Crippen molar-refractivity contribution in [3.63, 3.8) is 0 Å². The predicted molar refractivity (Wildman–Crippen MR) is 135 cm³/mol. The lowest BCUT2D eigenvalue weighted by Crippen LogP contribution is -2.57. The molecule has 0 aliphatic carbocycles. The Bertz CT molecular complexity index is 1210. The van der Waals surface area contributed by atoms with E-state index in [0.29, 0.717) is 18.8 Å². The predicted octanol–water partition coefficient (Wildman–Crippen LogP) is 3.05. The summed E-state index contributed by atoms with van der Waals surface area (Å²) in [6.45, 7) is 3.52. The fourth-order valence-electron chi connectivity index (χ4n) is 5.39. The number of piperidine rings is 1. The van der Waals surface area contributed by atoms with Crippen LogP contribution in [0.1, 0.15) is 50.6 Å². The maximum absolute atomic E-state index is 13.6. The molecule has 0 radical (unpaired) electrons. The van der Waals surface area contributed by atoms with Gasteiger partial charge in [-0.25, -0.2) is 8.42 Å². The molecule has 3 heterocycles. The van der Waals surface area contributed by atoms with Crippen LogP contribution in [0, 0.1) is 0 Å². The molecule has 0 saturated carbocycles. The van der Waals surface area contributed by atoms with E-state index in [-0.39, 0.29) is 35.3 Å². The van der Waals surface area contributed by atoms with Crippen LogP contribution >= 0.6 is 0 Å². The van der Waals surface area contributed by atoms with Gasteiger partial charge >= 0.3 is 0 Å². The van der Waals surface area contributed by atoms with Crippen molar-refractivity contribution in [3.05, 3.63) is 54.1 Å². The van der Waals surface area contributed by atoms with Crippen molar-refractivity contribution in [2.75, 3.05) is 36.0 Å². The third-order valence-electron chi connectivity index (χ3n) is 7.28. The van der Waals surface area contributed by atoms with Crippen molar-refractivity contribution >= 4 is 33.2 Å². The summed E-state index contributed by atoms with van der Waals surface area (Å²) in [5.74, 6) is -0.423. The highest BCUT2D eigenvalue weighted by Crippen LogP contribution is 2.41. The average Bonchev–Trinajstić information content (AvgIpc) is 3.43. The smallest absolute Gasteiger partial charge is 0.250 e. The Kier molecular flexibility index (Phi) is 6.55. The first-order valence-electron chi connectivity index (χ1n) is 12.4. The molecule has 1 N–H and O–H groups in total. The summed E-state index contributed by atoms with van der Waals surface area (Å²) >= 11 is 0. The van der Waals surface area contributed by atoms with Crippen LogP contribution in [-0.2, 0) is 19.6 Å². The molecule has 2 fully saturated rings. The lowest BCUT2D eigenvalue weighted by atomic mass is 9.96. The summed E-state index contributed by atoms with van der Waals surface area (Å²) in [4.78, 5) is 30.4. The maximum atomic E-state index is 13.6. The highest BCUT2D eigenvalue weighted by molar-refractivity contribution is 7.89. The maximum Gasteiger partial charge on any atom is 0.250 e. The molecular weight excluding hydrogens is 464 g/mol. The van der Waals surface area contributed by atoms with Gasteiger partial charge in [0.15, 0.2) is 0 Å². The Hall–Kier alpha value is -2.91. The quantitative estimate of drug-likeness (QED) is 0.664. The van der Waals surface area contributed by atoms with Gasteiger partial charge in [-0.15, -0.1) is 0 Å². The number of amides is 2. The van der Waals surface area contributed by atoms with Gasteiger partial charge in [-0.05, 0) is 62.8 Å². The summed E-state index contributed by atoms with van der Waals surface area (Å²) in [6, 6.07) is 14.1. The number of sulfonamides is 1. The lowest BCUT2D eigenvalue weighted by molar-refractivity contribution is -0.125. The van der Waals surface area contributed by atoms with Gasteiger partial charge in [0.05, 0.1) is 22.3 Å². The topological polar surface area (TPSA) is 90.0 Å². The number of hydrogen-bond donors (Lipinski definition) is 1. The molecule has 2 atom stereocenters. The van der Waals surface area contributed by atoms with E-state index < -0.39 is 10.0 Å². The Morgan fingerprint density at radius 3 is 2.46 bits per heavy atom. The van der Waals surface area contributed by atoms with Crippen molar-refractivity contribution in [2.45, 2.75) is 56.0 Å². The zero-order chi connectivity index (χ0) is 24.6. The first kappa shape index (κ1) is 23.8. The molecule has 2 saturated heterocycles. The Balaban J connectivity index is 1.46. The van der Waals surface area contributed by atoms with Gasteiger partial charge in [0.25, 0.3) is 0 Å². The van der Waals surface area contributed by atoms with E-state index in [1.54, 1.807) is 18.2 Å². The highest BCUT2D eigenvalue weighted by atomic mass is 32.2. The number of fused-ring (bicyclic) bond motifs is 3. The van der Waals surface area contributed by atoms with E-state index in [9.17, 15) is 18.0 Å². The third kappa shape index (κ3) is 4.54. The number of hydrogen-bond acceptors (Lipinski definition) is 5. The minimum Gasteiger partial charge on any atom is -0.358 e. The Labute approximate surface area is 206 Å². The van der Waals surface area contributed by atoms with Crippen LogP contribution in [0.25, 0.3) is 0 Å². The van der Waals surface area contributed by atoms with Crippen LogP contribution in [0.15, 0.2) is 53.4 Å². The molecule has 2 aromatic carbocycles. The van der Waals surface area contributed by atoms with Crippen LogP contribution in [0.4, 0.5) is 11.4 Å². The summed E-state index contributed by atoms with van der Waals surface area (Å²) in [7, 11) is -3.65. The third-order valence-corrected chi connectivity index (χ3v) is 9.18. The number of carbonyl (C=O) groups excluding carboxylic acids is 2. The van der Waals surface area contributed by atoms with Gasteiger partial charge in [-0.1, -0.05) is 30.3 Å². The highest BCUT2D eigenvalue weighted by Gasteiger charge is 2.41. The zero-order valence-electron chi connectivity index (χ0n) is 20.0. The van der Waals surface area contributed by atoms with E-state index in [4.69, 9.17) is 0 Å². The second kappa shape index (κ2) is 9.62. The molecule has 186 valence electrons. The van der Waals surface area contributed by atoms with Crippen LogP contribution < -0.4 is 15.1 Å². The molecule has 35 heavy (non-hydrogen) atoms. The van der Waals surface area contributed by atoms with Gasteiger partial charge in [0.1, 0.15) is 12.6 Å². The fourth-order valence-corrected chi connectivity index (χ4v) is 6.93. The second-order valence-electron chi connectivity index (χ2n) is 9.59. The van der Waals surface area contributed by atoms with Gasteiger partial charge in [0, 0.05) is 19.6 Å². The van der Waals surface area contributed by atoms with Crippen molar-refractivity contribution in [2.24, 2.45) is 0 Å². The zero-order valence-corrected chi connectivity index (χ0v) is 20.8. The molecule has 8 nitrogen and oxygen atoms in total. The summed E-state index contributed by atoms with van der Waals surface area (Å²) in [6.07, 6.45) is 4.36.